The molecule has 86 valence electrons. The average Bonchev–Trinajstić information content (AvgIpc) is 2.52. The molecule has 0 spiro atoms. The summed E-state index contributed by atoms with van der Waals surface area (Å²) in [5.74, 6) is 8.25. The lowest BCUT2D eigenvalue weighted by Crippen LogP contribution is -2.54. The van der Waals surface area contributed by atoms with Gasteiger partial charge in [0.2, 0.25) is 0 Å². The number of rotatable bonds is 4. The second kappa shape index (κ2) is 6.12. The van der Waals surface area contributed by atoms with E-state index in [1.807, 2.05) is 0 Å². The summed E-state index contributed by atoms with van der Waals surface area (Å²) in [6, 6.07) is 0.0746. The number of nitrogens with one attached hydrogen (secondary N) is 1. The van der Waals surface area contributed by atoms with E-state index in [2.05, 4.69) is 11.3 Å². The van der Waals surface area contributed by atoms with Gasteiger partial charge in [0.1, 0.15) is 0 Å². The van der Waals surface area contributed by atoms with Crippen molar-refractivity contribution in [3.05, 3.63) is 0 Å². The van der Waals surface area contributed by atoms with Gasteiger partial charge in [0, 0.05) is 13.5 Å². The minimum absolute atomic E-state index is 0.0746. The number of hydrogen-bond donors (Lipinski definition) is 2. The van der Waals surface area contributed by atoms with Crippen LogP contribution in [-0.4, -0.2) is 18.8 Å². The van der Waals surface area contributed by atoms with Crippen LogP contribution in [0.1, 0.15) is 44.9 Å². The molecule has 1 fully saturated rings. The van der Waals surface area contributed by atoms with E-state index in [9.17, 15) is 0 Å². The lowest BCUT2D eigenvalue weighted by atomic mass is 9.85. The molecule has 0 aromatic rings. The zero-order valence-electron chi connectivity index (χ0n) is 9.59. The standard InChI is InChI=1S/C12H22N2O/c1-3-8-11(14-13)12(15-2)9-6-4-5-7-10-12/h1,11,14H,4-10,13H2,2H3. The summed E-state index contributed by atoms with van der Waals surface area (Å²) in [4.78, 5) is 0. The molecule has 0 aromatic carbocycles. The Labute approximate surface area is 92.7 Å². The number of hydrogen-bond acceptors (Lipinski definition) is 3. The summed E-state index contributed by atoms with van der Waals surface area (Å²) in [7, 11) is 1.77. The van der Waals surface area contributed by atoms with Crippen LogP contribution in [0.4, 0.5) is 0 Å². The first kappa shape index (κ1) is 12.5. The van der Waals surface area contributed by atoms with Crippen LogP contribution >= 0.6 is 0 Å². The maximum absolute atomic E-state index is 5.73. The van der Waals surface area contributed by atoms with Gasteiger partial charge in [-0.25, -0.2) is 0 Å². The maximum Gasteiger partial charge on any atom is 0.0853 e. The van der Waals surface area contributed by atoms with Crippen LogP contribution in [0.2, 0.25) is 0 Å². The van der Waals surface area contributed by atoms with E-state index >= 15 is 0 Å². The number of methoxy groups -OCH3 is 1. The highest BCUT2D eigenvalue weighted by molar-refractivity contribution is 5.00. The molecule has 0 heterocycles. The van der Waals surface area contributed by atoms with Crippen molar-refractivity contribution < 1.29 is 4.74 Å². The molecule has 3 nitrogen and oxygen atoms in total. The van der Waals surface area contributed by atoms with Crippen molar-refractivity contribution >= 4 is 0 Å². The largest absolute Gasteiger partial charge is 0.377 e. The molecule has 0 bridgehead atoms. The van der Waals surface area contributed by atoms with Crippen molar-refractivity contribution in [3.63, 3.8) is 0 Å². The van der Waals surface area contributed by atoms with Crippen molar-refractivity contribution in [1.82, 2.24) is 5.43 Å². The fraction of sp³-hybridized carbons (Fsp3) is 0.833. The molecular weight excluding hydrogens is 188 g/mol. The zero-order valence-corrected chi connectivity index (χ0v) is 9.59. The Morgan fingerprint density at radius 1 is 1.40 bits per heavy atom. The molecule has 1 atom stereocenters. The van der Waals surface area contributed by atoms with Crippen molar-refractivity contribution in [1.29, 1.82) is 0 Å². The maximum atomic E-state index is 5.73. The van der Waals surface area contributed by atoms with Crippen molar-refractivity contribution in [2.24, 2.45) is 5.84 Å². The topological polar surface area (TPSA) is 47.3 Å². The van der Waals surface area contributed by atoms with E-state index in [4.69, 9.17) is 17.0 Å². The van der Waals surface area contributed by atoms with Gasteiger partial charge in [-0.1, -0.05) is 25.7 Å². The number of terminal acetylenes is 1. The molecule has 15 heavy (non-hydrogen) atoms. The van der Waals surface area contributed by atoms with E-state index < -0.39 is 0 Å². The molecule has 3 heteroatoms. The van der Waals surface area contributed by atoms with Gasteiger partial charge in [0.25, 0.3) is 0 Å². The van der Waals surface area contributed by atoms with E-state index in [1.165, 1.54) is 25.7 Å². The molecule has 0 radical (unpaired) electrons. The molecule has 1 unspecified atom stereocenters. The minimum atomic E-state index is -0.155. The number of ether oxygens (including phenoxy) is 1. The number of hydrazine groups is 1. The van der Waals surface area contributed by atoms with Gasteiger partial charge < -0.3 is 4.74 Å². The Morgan fingerprint density at radius 2 is 2.00 bits per heavy atom. The summed E-state index contributed by atoms with van der Waals surface area (Å²) in [6.07, 6.45) is 13.1. The molecule has 1 saturated carbocycles. The second-order valence-corrected chi connectivity index (χ2v) is 4.31. The molecule has 0 saturated heterocycles. The average molecular weight is 210 g/mol. The summed E-state index contributed by atoms with van der Waals surface area (Å²) in [5, 5.41) is 0. The lowest BCUT2D eigenvalue weighted by Gasteiger charge is -2.38. The highest BCUT2D eigenvalue weighted by Gasteiger charge is 2.38. The predicted molar refractivity (Wildman–Crippen MR) is 62.0 cm³/mol. The Balaban J connectivity index is 2.74. The zero-order chi connectivity index (χ0) is 11.1. The van der Waals surface area contributed by atoms with Gasteiger partial charge in [0.05, 0.1) is 11.6 Å². The molecule has 0 aromatic heterocycles. The van der Waals surface area contributed by atoms with Crippen LogP contribution in [0.25, 0.3) is 0 Å². The highest BCUT2D eigenvalue weighted by Crippen LogP contribution is 2.33. The first-order chi connectivity index (χ1) is 7.29. The van der Waals surface area contributed by atoms with Crippen LogP contribution in [0.3, 0.4) is 0 Å². The van der Waals surface area contributed by atoms with Crippen molar-refractivity contribution in [3.8, 4) is 12.3 Å². The monoisotopic (exact) mass is 210 g/mol. The summed E-state index contributed by atoms with van der Waals surface area (Å²) >= 11 is 0. The number of nitrogens with two attached hydrogens (primary N) is 1. The summed E-state index contributed by atoms with van der Waals surface area (Å²) in [5.41, 5.74) is 2.67. The van der Waals surface area contributed by atoms with Gasteiger partial charge >= 0.3 is 0 Å². The molecular formula is C12H22N2O. The first-order valence-corrected chi connectivity index (χ1v) is 5.74. The van der Waals surface area contributed by atoms with Gasteiger partial charge in [-0.2, -0.15) is 0 Å². The molecule has 0 amide bonds. The van der Waals surface area contributed by atoms with E-state index in [0.717, 1.165) is 12.8 Å². The fourth-order valence-electron chi connectivity index (χ4n) is 2.54. The van der Waals surface area contributed by atoms with Crippen LogP contribution in [0.15, 0.2) is 0 Å². The normalized spacial score (nSPS) is 22.7. The molecule has 1 rings (SSSR count). The Kier molecular flexibility index (Phi) is 5.10. The third-order valence-corrected chi connectivity index (χ3v) is 3.51. The van der Waals surface area contributed by atoms with Crippen LogP contribution in [0.5, 0.6) is 0 Å². The SMILES string of the molecule is C#CCC(NN)C1(OC)CCCCCC1. The van der Waals surface area contributed by atoms with Gasteiger partial charge in [-0.05, 0) is 12.8 Å². The summed E-state index contributed by atoms with van der Waals surface area (Å²) in [6.45, 7) is 0. The molecule has 1 aliphatic rings. The first-order valence-electron chi connectivity index (χ1n) is 5.74. The molecule has 0 aliphatic heterocycles. The van der Waals surface area contributed by atoms with Gasteiger partial charge in [-0.15, -0.1) is 12.3 Å². The van der Waals surface area contributed by atoms with Crippen molar-refractivity contribution in [2.45, 2.75) is 56.6 Å². The van der Waals surface area contributed by atoms with E-state index in [1.54, 1.807) is 7.11 Å². The van der Waals surface area contributed by atoms with E-state index in [-0.39, 0.29) is 11.6 Å². The predicted octanol–water partition coefficient (Wildman–Crippen LogP) is 1.58. The Bertz CT molecular complexity index is 214. The van der Waals surface area contributed by atoms with Crippen LogP contribution < -0.4 is 11.3 Å². The third kappa shape index (κ3) is 2.94. The lowest BCUT2D eigenvalue weighted by molar-refractivity contribution is -0.0515. The minimum Gasteiger partial charge on any atom is -0.377 e. The fourth-order valence-corrected chi connectivity index (χ4v) is 2.54. The van der Waals surface area contributed by atoms with Crippen molar-refractivity contribution in [2.75, 3.05) is 7.11 Å². The second-order valence-electron chi connectivity index (χ2n) is 4.31. The molecule has 3 N–H and O–H groups in total. The summed E-state index contributed by atoms with van der Waals surface area (Å²) < 4.78 is 5.73. The van der Waals surface area contributed by atoms with Crippen LogP contribution in [0, 0.1) is 12.3 Å². The van der Waals surface area contributed by atoms with Gasteiger partial charge in [0.15, 0.2) is 0 Å². The Morgan fingerprint density at radius 3 is 2.40 bits per heavy atom. The van der Waals surface area contributed by atoms with E-state index in [0.29, 0.717) is 6.42 Å². The van der Waals surface area contributed by atoms with Crippen LogP contribution in [-0.2, 0) is 4.74 Å². The Hall–Kier alpha value is -0.560. The highest BCUT2D eigenvalue weighted by atomic mass is 16.5. The third-order valence-electron chi connectivity index (χ3n) is 3.51. The molecule has 1 aliphatic carbocycles. The smallest absolute Gasteiger partial charge is 0.0853 e. The quantitative estimate of drug-likeness (QED) is 0.320. The van der Waals surface area contributed by atoms with Gasteiger partial charge in [-0.3, -0.25) is 11.3 Å².